The zero-order valence-electron chi connectivity index (χ0n) is 11.7. The third kappa shape index (κ3) is 7.84. The van der Waals surface area contributed by atoms with Crippen LogP contribution in [0.2, 0.25) is 0 Å². The van der Waals surface area contributed by atoms with Crippen molar-refractivity contribution < 1.29 is 0 Å². The lowest BCUT2D eigenvalue weighted by atomic mass is 9.82. The summed E-state index contributed by atoms with van der Waals surface area (Å²) in [7, 11) is 0. The fourth-order valence-corrected chi connectivity index (χ4v) is 1.49. The van der Waals surface area contributed by atoms with Crippen LogP contribution in [0, 0.1) is 11.3 Å². The molecule has 15 heavy (non-hydrogen) atoms. The molecule has 0 amide bonds. The smallest absolute Gasteiger partial charge is 0.00388 e. The van der Waals surface area contributed by atoms with Gasteiger partial charge in [-0.15, -0.1) is 0 Å². The average Bonchev–Trinajstić information content (AvgIpc) is 2.13. The zero-order valence-corrected chi connectivity index (χ0v) is 11.7. The average molecular weight is 213 g/mol. The maximum Gasteiger partial charge on any atom is 0.00388 e. The summed E-state index contributed by atoms with van der Waals surface area (Å²) in [5, 5.41) is 3.65. The molecule has 1 N–H and O–H groups in total. The van der Waals surface area contributed by atoms with Crippen LogP contribution in [0.3, 0.4) is 0 Å². The van der Waals surface area contributed by atoms with E-state index >= 15 is 0 Å². The molecule has 0 saturated heterocycles. The number of nitrogens with one attached hydrogen (secondary N) is 1. The quantitative estimate of drug-likeness (QED) is 0.624. The molecule has 2 atom stereocenters. The van der Waals surface area contributed by atoms with Crippen LogP contribution in [-0.2, 0) is 0 Å². The maximum absolute atomic E-state index is 3.65. The van der Waals surface area contributed by atoms with E-state index in [1.807, 2.05) is 0 Å². The van der Waals surface area contributed by atoms with Crippen molar-refractivity contribution in [2.75, 3.05) is 6.54 Å². The van der Waals surface area contributed by atoms with Crippen LogP contribution in [-0.4, -0.2) is 12.6 Å². The molecule has 0 saturated carbocycles. The van der Waals surface area contributed by atoms with Crippen molar-refractivity contribution >= 4 is 0 Å². The van der Waals surface area contributed by atoms with Gasteiger partial charge in [0.2, 0.25) is 0 Å². The van der Waals surface area contributed by atoms with Crippen LogP contribution in [0.4, 0.5) is 0 Å². The second-order valence-corrected chi connectivity index (χ2v) is 6.07. The first-order valence-corrected chi connectivity index (χ1v) is 6.61. The minimum absolute atomic E-state index is 0.427. The third-order valence-corrected chi connectivity index (χ3v) is 3.49. The van der Waals surface area contributed by atoms with Crippen LogP contribution in [0.15, 0.2) is 0 Å². The Morgan fingerprint density at radius 2 is 1.67 bits per heavy atom. The first kappa shape index (κ1) is 15.0. The zero-order chi connectivity index (χ0) is 11.9. The number of rotatable bonds is 7. The van der Waals surface area contributed by atoms with Gasteiger partial charge in [-0.2, -0.15) is 0 Å². The minimum Gasteiger partial charge on any atom is -0.314 e. The van der Waals surface area contributed by atoms with Crippen LogP contribution >= 0.6 is 0 Å². The van der Waals surface area contributed by atoms with Gasteiger partial charge in [0.05, 0.1) is 0 Å². The van der Waals surface area contributed by atoms with Crippen LogP contribution in [0.25, 0.3) is 0 Å². The fourth-order valence-electron chi connectivity index (χ4n) is 1.49. The lowest BCUT2D eigenvalue weighted by Gasteiger charge is -2.28. The Labute approximate surface area is 97.0 Å². The molecule has 2 unspecified atom stereocenters. The summed E-state index contributed by atoms with van der Waals surface area (Å²) in [4.78, 5) is 0. The largest absolute Gasteiger partial charge is 0.314 e. The van der Waals surface area contributed by atoms with E-state index in [1.165, 1.54) is 25.7 Å². The summed E-state index contributed by atoms with van der Waals surface area (Å²) < 4.78 is 0. The summed E-state index contributed by atoms with van der Waals surface area (Å²) in [6.07, 6.45) is 5.39. The van der Waals surface area contributed by atoms with Crippen molar-refractivity contribution in [3.63, 3.8) is 0 Å². The fraction of sp³-hybridized carbons (Fsp3) is 1.00. The van der Waals surface area contributed by atoms with Gasteiger partial charge >= 0.3 is 0 Å². The molecule has 0 aliphatic carbocycles. The second-order valence-electron chi connectivity index (χ2n) is 6.07. The van der Waals surface area contributed by atoms with Crippen LogP contribution < -0.4 is 5.32 Å². The van der Waals surface area contributed by atoms with E-state index in [9.17, 15) is 0 Å². The first-order valence-electron chi connectivity index (χ1n) is 6.61. The maximum atomic E-state index is 3.65. The van der Waals surface area contributed by atoms with Crippen molar-refractivity contribution in [2.24, 2.45) is 11.3 Å². The molecule has 0 heterocycles. The Hall–Kier alpha value is -0.0400. The van der Waals surface area contributed by atoms with E-state index < -0.39 is 0 Å². The van der Waals surface area contributed by atoms with Crippen molar-refractivity contribution in [1.29, 1.82) is 0 Å². The highest BCUT2D eigenvalue weighted by molar-refractivity contribution is 4.73. The Bertz CT molecular complexity index is 146. The van der Waals surface area contributed by atoms with Crippen molar-refractivity contribution in [3.05, 3.63) is 0 Å². The second kappa shape index (κ2) is 7.27. The molecule has 1 nitrogen and oxygen atoms in total. The third-order valence-electron chi connectivity index (χ3n) is 3.49. The predicted molar refractivity (Wildman–Crippen MR) is 70.2 cm³/mol. The lowest BCUT2D eigenvalue weighted by Crippen LogP contribution is -2.35. The summed E-state index contributed by atoms with van der Waals surface area (Å²) >= 11 is 0. The minimum atomic E-state index is 0.427. The molecule has 0 bridgehead atoms. The van der Waals surface area contributed by atoms with E-state index in [0.29, 0.717) is 11.5 Å². The molecule has 0 radical (unpaired) electrons. The SMILES string of the molecule is CCCCCC(C)NCC(C)C(C)(C)C. The van der Waals surface area contributed by atoms with Gasteiger partial charge in [0.1, 0.15) is 0 Å². The summed E-state index contributed by atoms with van der Waals surface area (Å²) in [6.45, 7) is 15.0. The first-order chi connectivity index (χ1) is 6.88. The molecule has 0 spiro atoms. The van der Waals surface area contributed by atoms with E-state index in [1.54, 1.807) is 0 Å². The Kier molecular flexibility index (Phi) is 7.25. The van der Waals surface area contributed by atoms with Gasteiger partial charge in [-0.1, -0.05) is 53.9 Å². The van der Waals surface area contributed by atoms with E-state index in [2.05, 4.69) is 46.9 Å². The Morgan fingerprint density at radius 1 is 1.07 bits per heavy atom. The molecular formula is C14H31N. The molecule has 1 heteroatoms. The lowest BCUT2D eigenvalue weighted by molar-refractivity contribution is 0.245. The topological polar surface area (TPSA) is 12.0 Å². The summed E-state index contributed by atoms with van der Waals surface area (Å²) in [5.41, 5.74) is 0.427. The number of hydrogen-bond donors (Lipinski definition) is 1. The van der Waals surface area contributed by atoms with Gasteiger partial charge in [-0.25, -0.2) is 0 Å². The van der Waals surface area contributed by atoms with Crippen LogP contribution in [0.1, 0.15) is 67.2 Å². The van der Waals surface area contributed by atoms with Gasteiger partial charge < -0.3 is 5.32 Å². The molecule has 0 aromatic carbocycles. The van der Waals surface area contributed by atoms with E-state index in [0.717, 1.165) is 12.5 Å². The standard InChI is InChI=1S/C14H31N/c1-7-8-9-10-13(3)15-11-12(2)14(4,5)6/h12-13,15H,7-11H2,1-6H3. The highest BCUT2D eigenvalue weighted by Crippen LogP contribution is 2.24. The summed E-state index contributed by atoms with van der Waals surface area (Å²) in [5.74, 6) is 0.742. The Balaban J connectivity index is 3.57. The van der Waals surface area contributed by atoms with E-state index in [4.69, 9.17) is 0 Å². The van der Waals surface area contributed by atoms with Gasteiger partial charge in [-0.05, 0) is 31.2 Å². The Morgan fingerprint density at radius 3 is 2.13 bits per heavy atom. The van der Waals surface area contributed by atoms with Gasteiger partial charge in [0, 0.05) is 6.04 Å². The molecule has 0 aliphatic rings. The molecule has 92 valence electrons. The number of unbranched alkanes of at least 4 members (excludes halogenated alkanes) is 2. The van der Waals surface area contributed by atoms with Crippen molar-refractivity contribution in [3.8, 4) is 0 Å². The predicted octanol–water partition coefficient (Wildman–Crippen LogP) is 4.23. The van der Waals surface area contributed by atoms with Crippen LogP contribution in [0.5, 0.6) is 0 Å². The molecule has 0 fully saturated rings. The highest BCUT2D eigenvalue weighted by Gasteiger charge is 2.19. The summed E-state index contributed by atoms with van der Waals surface area (Å²) in [6, 6.07) is 0.682. The molecule has 0 aliphatic heterocycles. The van der Waals surface area contributed by atoms with Crippen molar-refractivity contribution in [1.82, 2.24) is 5.32 Å². The normalized spacial score (nSPS) is 16.4. The molecule has 0 aromatic rings. The monoisotopic (exact) mass is 213 g/mol. The van der Waals surface area contributed by atoms with Gasteiger partial charge in [-0.3, -0.25) is 0 Å². The molecule has 0 aromatic heterocycles. The van der Waals surface area contributed by atoms with Gasteiger partial charge in [0.25, 0.3) is 0 Å². The van der Waals surface area contributed by atoms with Gasteiger partial charge in [0.15, 0.2) is 0 Å². The number of hydrogen-bond acceptors (Lipinski definition) is 1. The molecule has 0 rings (SSSR count). The highest BCUT2D eigenvalue weighted by atomic mass is 14.9. The van der Waals surface area contributed by atoms with Crippen molar-refractivity contribution in [2.45, 2.75) is 73.3 Å². The molecular weight excluding hydrogens is 182 g/mol. The van der Waals surface area contributed by atoms with E-state index in [-0.39, 0.29) is 0 Å².